The third kappa shape index (κ3) is 5.08. The molecule has 3 fully saturated rings. The zero-order chi connectivity index (χ0) is 26.0. The Morgan fingerprint density at radius 2 is 1.84 bits per heavy atom. The van der Waals surface area contributed by atoms with E-state index in [0.29, 0.717) is 26.1 Å². The molecule has 1 aliphatic carbocycles. The molecule has 1 saturated carbocycles. The molecule has 1 aromatic carbocycles. The SMILES string of the molecule is CC1(CC(=O)N2CCC(c3nnnn3Cc3ccccc3)(N3CCCN(C4CCC4)CC3)CC2)CNC=N1. The number of piperidine rings is 1. The Bertz CT molecular complexity index is 1120. The smallest absolute Gasteiger partial charge is 0.225 e. The minimum absolute atomic E-state index is 0.192. The first-order valence-electron chi connectivity index (χ1n) is 14.4. The fraction of sp³-hybridized carbons (Fsp3) is 0.679. The first-order valence-corrected chi connectivity index (χ1v) is 14.4. The van der Waals surface area contributed by atoms with E-state index in [2.05, 4.69) is 66.8 Å². The van der Waals surface area contributed by atoms with Crippen molar-refractivity contribution in [2.75, 3.05) is 45.8 Å². The van der Waals surface area contributed by atoms with Gasteiger partial charge in [0.2, 0.25) is 5.91 Å². The minimum Gasteiger partial charge on any atom is -0.374 e. The second-order valence-corrected chi connectivity index (χ2v) is 11.8. The van der Waals surface area contributed by atoms with Crippen LogP contribution in [0, 0.1) is 0 Å². The molecule has 204 valence electrons. The summed E-state index contributed by atoms with van der Waals surface area (Å²) in [5.41, 5.74) is 0.567. The van der Waals surface area contributed by atoms with Gasteiger partial charge in [0.25, 0.3) is 0 Å². The van der Waals surface area contributed by atoms with Crippen LogP contribution in [0.25, 0.3) is 0 Å². The Morgan fingerprint density at radius 3 is 2.55 bits per heavy atom. The van der Waals surface area contributed by atoms with Gasteiger partial charge in [-0.3, -0.25) is 19.6 Å². The fourth-order valence-corrected chi connectivity index (χ4v) is 6.75. The molecule has 10 nitrogen and oxygen atoms in total. The summed E-state index contributed by atoms with van der Waals surface area (Å²) in [5, 5.41) is 16.5. The number of rotatable bonds is 7. The summed E-state index contributed by atoms with van der Waals surface area (Å²) in [5.74, 6) is 1.14. The molecule has 3 aliphatic heterocycles. The molecular weight excluding hydrogens is 478 g/mol. The van der Waals surface area contributed by atoms with Crippen LogP contribution in [-0.4, -0.2) is 105 Å². The van der Waals surface area contributed by atoms with Crippen molar-refractivity contribution in [3.63, 3.8) is 0 Å². The quantitative estimate of drug-likeness (QED) is 0.597. The highest BCUT2D eigenvalue weighted by Gasteiger charge is 2.47. The van der Waals surface area contributed by atoms with Crippen LogP contribution < -0.4 is 5.32 Å². The predicted molar refractivity (Wildman–Crippen MR) is 146 cm³/mol. The number of likely N-dealkylation sites (tertiary alicyclic amines) is 1. The maximum absolute atomic E-state index is 13.3. The molecule has 6 rings (SSSR count). The van der Waals surface area contributed by atoms with Crippen LogP contribution in [0.4, 0.5) is 0 Å². The Balaban J connectivity index is 1.23. The van der Waals surface area contributed by atoms with Gasteiger partial charge in [0, 0.05) is 45.3 Å². The Labute approximate surface area is 225 Å². The van der Waals surface area contributed by atoms with Gasteiger partial charge in [0.05, 0.1) is 30.4 Å². The van der Waals surface area contributed by atoms with E-state index in [1.54, 1.807) is 6.34 Å². The fourth-order valence-electron chi connectivity index (χ4n) is 6.75. The van der Waals surface area contributed by atoms with Gasteiger partial charge >= 0.3 is 0 Å². The van der Waals surface area contributed by atoms with E-state index in [0.717, 1.165) is 57.3 Å². The lowest BCUT2D eigenvalue weighted by Crippen LogP contribution is -2.57. The van der Waals surface area contributed by atoms with Crippen LogP contribution in [0.3, 0.4) is 0 Å². The number of nitrogens with one attached hydrogen (secondary N) is 1. The van der Waals surface area contributed by atoms with Gasteiger partial charge in [0.15, 0.2) is 5.82 Å². The van der Waals surface area contributed by atoms with Gasteiger partial charge < -0.3 is 10.2 Å². The lowest BCUT2D eigenvalue weighted by molar-refractivity contribution is -0.135. The third-order valence-electron chi connectivity index (χ3n) is 9.28. The second kappa shape index (κ2) is 10.7. The number of tetrazole rings is 1. The van der Waals surface area contributed by atoms with Crippen LogP contribution in [-0.2, 0) is 16.9 Å². The van der Waals surface area contributed by atoms with Crippen LogP contribution in [0.1, 0.15) is 63.3 Å². The normalized spacial score (nSPS) is 26.6. The van der Waals surface area contributed by atoms with Gasteiger partial charge in [-0.2, -0.15) is 0 Å². The van der Waals surface area contributed by atoms with Crippen molar-refractivity contribution in [1.82, 2.24) is 40.2 Å². The molecule has 0 radical (unpaired) electrons. The summed E-state index contributed by atoms with van der Waals surface area (Å²) >= 11 is 0. The number of hydrogen-bond donors (Lipinski definition) is 1. The van der Waals surface area contributed by atoms with Gasteiger partial charge in [-0.25, -0.2) is 4.68 Å². The molecule has 1 unspecified atom stereocenters. The number of carbonyl (C=O) groups is 1. The van der Waals surface area contributed by atoms with E-state index < -0.39 is 0 Å². The molecular formula is C28H41N9O. The van der Waals surface area contributed by atoms with E-state index in [-0.39, 0.29) is 17.0 Å². The van der Waals surface area contributed by atoms with E-state index in [9.17, 15) is 4.79 Å². The van der Waals surface area contributed by atoms with Crippen LogP contribution >= 0.6 is 0 Å². The molecule has 0 spiro atoms. The Hall–Kier alpha value is -2.85. The van der Waals surface area contributed by atoms with Crippen molar-refractivity contribution in [2.24, 2.45) is 4.99 Å². The van der Waals surface area contributed by atoms with Crippen LogP contribution in [0.5, 0.6) is 0 Å². The average molecular weight is 520 g/mol. The minimum atomic E-state index is -0.346. The van der Waals surface area contributed by atoms with Crippen molar-refractivity contribution in [1.29, 1.82) is 0 Å². The molecule has 1 aromatic heterocycles. The molecule has 2 aromatic rings. The summed E-state index contributed by atoms with van der Waals surface area (Å²) < 4.78 is 2.00. The maximum atomic E-state index is 13.3. The first-order chi connectivity index (χ1) is 18.5. The zero-order valence-electron chi connectivity index (χ0n) is 22.6. The van der Waals surface area contributed by atoms with Gasteiger partial charge in [0.1, 0.15) is 0 Å². The highest BCUT2D eigenvalue weighted by atomic mass is 16.2. The average Bonchev–Trinajstić information content (AvgIpc) is 3.47. The monoisotopic (exact) mass is 519 g/mol. The number of nitrogens with zero attached hydrogens (tertiary/aromatic N) is 8. The largest absolute Gasteiger partial charge is 0.374 e. The second-order valence-electron chi connectivity index (χ2n) is 11.8. The lowest BCUT2D eigenvalue weighted by atomic mass is 9.83. The van der Waals surface area contributed by atoms with Crippen molar-refractivity contribution in [2.45, 2.75) is 75.5 Å². The standard InChI is InChI=1S/C28H41N9O/c1-27(21-29-22-30-27)19-25(38)35-15-11-28(12-16-35,36-14-6-13-34(17-18-36)24-9-5-10-24)26-31-32-33-37(26)20-23-7-3-2-4-8-23/h2-4,7-8,22,24H,5-6,9-21H2,1H3,(H,29,30). The topological polar surface area (TPSA) is 94.8 Å². The molecule has 38 heavy (non-hydrogen) atoms. The summed E-state index contributed by atoms with van der Waals surface area (Å²) in [4.78, 5) is 25.2. The van der Waals surface area contributed by atoms with Crippen LogP contribution in [0.2, 0.25) is 0 Å². The maximum Gasteiger partial charge on any atom is 0.225 e. The highest BCUT2D eigenvalue weighted by Crippen LogP contribution is 2.39. The van der Waals surface area contributed by atoms with Gasteiger partial charge in [-0.05, 0) is 61.6 Å². The van der Waals surface area contributed by atoms with E-state index in [1.807, 2.05) is 15.6 Å². The van der Waals surface area contributed by atoms with Gasteiger partial charge in [-0.1, -0.05) is 36.8 Å². The van der Waals surface area contributed by atoms with Gasteiger partial charge in [-0.15, -0.1) is 5.10 Å². The van der Waals surface area contributed by atoms with Crippen molar-refractivity contribution >= 4 is 12.2 Å². The molecule has 4 aliphatic rings. The molecule has 0 bridgehead atoms. The van der Waals surface area contributed by atoms with Crippen molar-refractivity contribution in [3.05, 3.63) is 41.7 Å². The number of amides is 1. The molecule has 1 atom stereocenters. The molecule has 1 amide bonds. The highest BCUT2D eigenvalue weighted by molar-refractivity contribution is 5.78. The third-order valence-corrected chi connectivity index (χ3v) is 9.28. The Kier molecular flexibility index (Phi) is 7.18. The Morgan fingerprint density at radius 1 is 1.03 bits per heavy atom. The number of aromatic nitrogens is 4. The molecule has 1 N–H and O–H groups in total. The zero-order valence-corrected chi connectivity index (χ0v) is 22.6. The van der Waals surface area contributed by atoms with E-state index >= 15 is 0 Å². The summed E-state index contributed by atoms with van der Waals surface area (Å²) in [6.45, 7) is 9.17. The summed E-state index contributed by atoms with van der Waals surface area (Å²) in [6, 6.07) is 11.2. The molecule has 10 heteroatoms. The molecule has 2 saturated heterocycles. The predicted octanol–water partition coefficient (Wildman–Crippen LogP) is 1.88. The molecule has 4 heterocycles. The lowest BCUT2D eigenvalue weighted by Gasteiger charge is -2.48. The van der Waals surface area contributed by atoms with Crippen molar-refractivity contribution < 1.29 is 4.79 Å². The number of aliphatic imine (C=N–C) groups is 1. The van der Waals surface area contributed by atoms with E-state index in [4.69, 9.17) is 0 Å². The number of carbonyl (C=O) groups excluding carboxylic acids is 1. The number of hydrogen-bond acceptors (Lipinski definition) is 8. The summed E-state index contributed by atoms with van der Waals surface area (Å²) in [7, 11) is 0. The van der Waals surface area contributed by atoms with Crippen molar-refractivity contribution in [3.8, 4) is 0 Å². The van der Waals surface area contributed by atoms with E-state index in [1.165, 1.54) is 31.4 Å². The number of benzene rings is 1. The first kappa shape index (κ1) is 25.4. The summed E-state index contributed by atoms with van der Waals surface area (Å²) in [6.07, 6.45) is 9.07. The van der Waals surface area contributed by atoms with Crippen LogP contribution in [0.15, 0.2) is 35.3 Å².